The van der Waals surface area contributed by atoms with Gasteiger partial charge in [0.25, 0.3) is 0 Å². The van der Waals surface area contributed by atoms with Gasteiger partial charge in [-0.2, -0.15) is 0 Å². The van der Waals surface area contributed by atoms with Gasteiger partial charge in [0.15, 0.2) is 6.10 Å². The summed E-state index contributed by atoms with van der Waals surface area (Å²) in [5.74, 6) is 0.875. The molecule has 0 spiro atoms. The number of hydrogen-bond donors (Lipinski definition) is 0. The van der Waals surface area contributed by atoms with Crippen LogP contribution in [0.5, 0.6) is 0 Å². The van der Waals surface area contributed by atoms with E-state index >= 15 is 0 Å². The molecule has 0 aliphatic carbocycles. The van der Waals surface area contributed by atoms with E-state index in [1.807, 2.05) is 0 Å². The van der Waals surface area contributed by atoms with Gasteiger partial charge in [0.2, 0.25) is 0 Å². The molecule has 0 heterocycles. The van der Waals surface area contributed by atoms with Gasteiger partial charge in [-0.1, -0.05) is 343 Å². The summed E-state index contributed by atoms with van der Waals surface area (Å²) >= 11 is 0. The van der Waals surface area contributed by atoms with Gasteiger partial charge < -0.3 is 14.2 Å². The highest BCUT2D eigenvalue weighted by atomic mass is 16.6. The van der Waals surface area contributed by atoms with Crippen LogP contribution >= 0.6 is 0 Å². The highest BCUT2D eigenvalue weighted by molar-refractivity contribution is 5.71. The molecule has 0 aliphatic rings. The SMILES string of the molecule is CCCCCCCCCCCCCCCCCCCC(=O)OC[C@@H](COC(=O)CCCCCCCCCCCCCCCCC(C)C)OC(=O)CCCCCCCCCCCCCCCCCCCCC(C)C. The Labute approximate surface area is 457 Å². The standard InChI is InChI=1S/C67H130O6/c1-6-7-8-9-10-11-12-13-14-17-21-27-32-37-42-47-52-57-65(68)71-60-64(61-72-66(69)58-53-48-43-38-33-28-24-23-26-31-36-41-46-51-56-63(4)5)73-67(70)59-54-49-44-39-34-29-22-19-16-15-18-20-25-30-35-40-45-50-55-62(2)3/h62-64H,6-61H2,1-5H3/t64-/m0/s1. The van der Waals surface area contributed by atoms with E-state index in [2.05, 4.69) is 34.6 Å². The molecule has 0 aromatic heterocycles. The molecule has 73 heavy (non-hydrogen) atoms. The zero-order valence-corrected chi connectivity index (χ0v) is 50.3. The second kappa shape index (κ2) is 59.7. The Hall–Kier alpha value is -1.59. The zero-order chi connectivity index (χ0) is 53.2. The third-order valence-corrected chi connectivity index (χ3v) is 15.5. The predicted molar refractivity (Wildman–Crippen MR) is 316 cm³/mol. The topological polar surface area (TPSA) is 78.9 Å². The highest BCUT2D eigenvalue weighted by Crippen LogP contribution is 2.19. The number of ether oxygens (including phenoxy) is 3. The first-order valence-electron chi connectivity index (χ1n) is 33.2. The monoisotopic (exact) mass is 1030 g/mol. The fourth-order valence-corrected chi connectivity index (χ4v) is 10.5. The van der Waals surface area contributed by atoms with Crippen molar-refractivity contribution < 1.29 is 28.6 Å². The van der Waals surface area contributed by atoms with Crippen molar-refractivity contribution in [1.29, 1.82) is 0 Å². The molecule has 0 unspecified atom stereocenters. The van der Waals surface area contributed by atoms with Crippen LogP contribution in [0.3, 0.4) is 0 Å². The fraction of sp³-hybridized carbons (Fsp3) is 0.955. The third kappa shape index (κ3) is 61.1. The smallest absolute Gasteiger partial charge is 0.306 e. The molecule has 0 aromatic rings. The average molecular weight is 1030 g/mol. The Balaban J connectivity index is 4.28. The molecule has 1 atom stereocenters. The molecule has 434 valence electrons. The van der Waals surface area contributed by atoms with Gasteiger partial charge in [-0.15, -0.1) is 0 Å². The third-order valence-electron chi connectivity index (χ3n) is 15.5. The number of rotatable bonds is 61. The molecular weight excluding hydrogens is 901 g/mol. The predicted octanol–water partition coefficient (Wildman–Crippen LogP) is 22.4. The molecule has 0 aromatic carbocycles. The van der Waals surface area contributed by atoms with Crippen LogP contribution < -0.4 is 0 Å². The molecule has 6 nitrogen and oxygen atoms in total. The minimum absolute atomic E-state index is 0.0615. The Bertz CT molecular complexity index is 1120. The molecular formula is C67H130O6. The van der Waals surface area contributed by atoms with Crippen LogP contribution in [0.1, 0.15) is 381 Å². The first kappa shape index (κ1) is 71.4. The molecule has 0 saturated heterocycles. The van der Waals surface area contributed by atoms with Crippen molar-refractivity contribution in [2.45, 2.75) is 387 Å². The van der Waals surface area contributed by atoms with E-state index in [1.165, 1.54) is 270 Å². The Morgan fingerprint density at radius 1 is 0.260 bits per heavy atom. The lowest BCUT2D eigenvalue weighted by Crippen LogP contribution is -2.30. The lowest BCUT2D eigenvalue weighted by atomic mass is 10.0. The summed E-state index contributed by atoms with van der Waals surface area (Å²) < 4.78 is 17.0. The van der Waals surface area contributed by atoms with Crippen molar-refractivity contribution in [2.75, 3.05) is 13.2 Å². The highest BCUT2D eigenvalue weighted by Gasteiger charge is 2.19. The Morgan fingerprint density at radius 2 is 0.452 bits per heavy atom. The van der Waals surface area contributed by atoms with Gasteiger partial charge in [0.05, 0.1) is 0 Å². The van der Waals surface area contributed by atoms with Crippen molar-refractivity contribution in [3.63, 3.8) is 0 Å². The molecule has 0 N–H and O–H groups in total. The summed E-state index contributed by atoms with van der Waals surface area (Å²) in [4.78, 5) is 38.4. The van der Waals surface area contributed by atoms with Crippen molar-refractivity contribution >= 4 is 17.9 Å². The molecule has 0 aliphatic heterocycles. The van der Waals surface area contributed by atoms with Crippen LogP contribution in [-0.4, -0.2) is 37.2 Å². The molecule has 0 fully saturated rings. The van der Waals surface area contributed by atoms with Crippen LogP contribution in [0.4, 0.5) is 0 Å². The summed E-state index contributed by atoms with van der Waals surface area (Å²) in [6.07, 6.45) is 66.8. The van der Waals surface area contributed by atoms with Crippen molar-refractivity contribution in [3.05, 3.63) is 0 Å². The van der Waals surface area contributed by atoms with Crippen LogP contribution in [0, 0.1) is 11.8 Å². The molecule has 0 bridgehead atoms. The second-order valence-electron chi connectivity index (χ2n) is 24.1. The summed E-state index contributed by atoms with van der Waals surface area (Å²) in [5, 5.41) is 0. The molecule has 0 amide bonds. The van der Waals surface area contributed by atoms with E-state index in [-0.39, 0.29) is 31.1 Å². The lowest BCUT2D eigenvalue weighted by molar-refractivity contribution is -0.167. The molecule has 0 rings (SSSR count). The fourth-order valence-electron chi connectivity index (χ4n) is 10.5. The van der Waals surface area contributed by atoms with Crippen LogP contribution in [0.15, 0.2) is 0 Å². The maximum Gasteiger partial charge on any atom is 0.306 e. The van der Waals surface area contributed by atoms with Crippen molar-refractivity contribution in [2.24, 2.45) is 11.8 Å². The van der Waals surface area contributed by atoms with E-state index in [4.69, 9.17) is 14.2 Å². The second-order valence-corrected chi connectivity index (χ2v) is 24.1. The van der Waals surface area contributed by atoms with E-state index in [1.54, 1.807) is 0 Å². The molecule has 0 radical (unpaired) electrons. The van der Waals surface area contributed by atoms with E-state index in [0.717, 1.165) is 69.6 Å². The molecule has 0 saturated carbocycles. The van der Waals surface area contributed by atoms with Crippen LogP contribution in [0.2, 0.25) is 0 Å². The summed E-state index contributed by atoms with van der Waals surface area (Å²) in [6, 6.07) is 0. The average Bonchev–Trinajstić information content (AvgIpc) is 3.37. The Morgan fingerprint density at radius 3 is 0.671 bits per heavy atom. The van der Waals surface area contributed by atoms with Gasteiger partial charge in [0.1, 0.15) is 13.2 Å². The summed E-state index contributed by atoms with van der Waals surface area (Å²) in [7, 11) is 0. The maximum atomic E-state index is 12.9. The van der Waals surface area contributed by atoms with Gasteiger partial charge in [0, 0.05) is 19.3 Å². The summed E-state index contributed by atoms with van der Waals surface area (Å²) in [5.41, 5.74) is 0. The van der Waals surface area contributed by atoms with Crippen molar-refractivity contribution in [1.82, 2.24) is 0 Å². The lowest BCUT2D eigenvalue weighted by Gasteiger charge is -2.18. The number of hydrogen-bond acceptors (Lipinski definition) is 6. The van der Waals surface area contributed by atoms with Crippen LogP contribution in [0.25, 0.3) is 0 Å². The first-order chi connectivity index (χ1) is 35.7. The zero-order valence-electron chi connectivity index (χ0n) is 50.3. The van der Waals surface area contributed by atoms with Gasteiger partial charge in [-0.25, -0.2) is 0 Å². The van der Waals surface area contributed by atoms with Gasteiger partial charge in [-0.05, 0) is 31.1 Å². The number of carbonyl (C=O) groups is 3. The van der Waals surface area contributed by atoms with E-state index in [0.29, 0.717) is 19.3 Å². The van der Waals surface area contributed by atoms with Gasteiger partial charge in [-0.3, -0.25) is 14.4 Å². The van der Waals surface area contributed by atoms with E-state index < -0.39 is 6.10 Å². The van der Waals surface area contributed by atoms with E-state index in [9.17, 15) is 14.4 Å². The molecule has 6 heteroatoms. The maximum absolute atomic E-state index is 12.9. The largest absolute Gasteiger partial charge is 0.462 e. The van der Waals surface area contributed by atoms with Gasteiger partial charge >= 0.3 is 17.9 Å². The number of unbranched alkanes of at least 4 members (excludes halogenated alkanes) is 46. The number of carbonyl (C=O) groups excluding carboxylic acids is 3. The quantitative estimate of drug-likeness (QED) is 0.0343. The van der Waals surface area contributed by atoms with Crippen molar-refractivity contribution in [3.8, 4) is 0 Å². The summed E-state index contributed by atoms with van der Waals surface area (Å²) in [6.45, 7) is 11.5. The normalized spacial score (nSPS) is 12.0. The van der Waals surface area contributed by atoms with Crippen LogP contribution in [-0.2, 0) is 28.6 Å². The minimum atomic E-state index is -0.764. The number of esters is 3. The minimum Gasteiger partial charge on any atom is -0.462 e. The Kier molecular flexibility index (Phi) is 58.4. The first-order valence-corrected chi connectivity index (χ1v) is 33.2.